The molecule has 4 heteroatoms. The molecule has 0 spiro atoms. The van der Waals surface area contributed by atoms with Gasteiger partial charge in [-0.15, -0.1) is 0 Å². The Hall–Kier alpha value is -1.91. The van der Waals surface area contributed by atoms with Gasteiger partial charge in [0.2, 0.25) is 0 Å². The number of methoxy groups -OCH3 is 1. The van der Waals surface area contributed by atoms with Crippen LogP contribution in [-0.2, 0) is 0 Å². The molecule has 0 amide bonds. The Labute approximate surface area is 112 Å². The summed E-state index contributed by atoms with van der Waals surface area (Å²) < 4.78 is 18.4. The Morgan fingerprint density at radius 2 is 1.84 bits per heavy atom. The summed E-state index contributed by atoms with van der Waals surface area (Å²) in [5.74, 6) is 6.13. The summed E-state index contributed by atoms with van der Waals surface area (Å²) >= 11 is 0. The van der Waals surface area contributed by atoms with Crippen LogP contribution >= 0.6 is 0 Å². The molecule has 0 saturated carbocycles. The van der Waals surface area contributed by atoms with Crippen molar-refractivity contribution in [2.45, 2.75) is 13.0 Å². The van der Waals surface area contributed by atoms with E-state index in [2.05, 4.69) is 5.43 Å². The van der Waals surface area contributed by atoms with Crippen LogP contribution in [0.5, 0.6) is 5.75 Å². The third-order valence-corrected chi connectivity index (χ3v) is 3.07. The average Bonchev–Trinajstić information content (AvgIpc) is 2.43. The van der Waals surface area contributed by atoms with Crippen molar-refractivity contribution in [2.24, 2.45) is 5.84 Å². The minimum Gasteiger partial charge on any atom is -0.496 e. The molecule has 3 N–H and O–H groups in total. The van der Waals surface area contributed by atoms with E-state index in [1.165, 1.54) is 12.1 Å². The van der Waals surface area contributed by atoms with Crippen LogP contribution < -0.4 is 16.0 Å². The Bertz CT molecular complexity index is 555. The zero-order chi connectivity index (χ0) is 13.8. The van der Waals surface area contributed by atoms with E-state index < -0.39 is 0 Å². The Balaban J connectivity index is 2.44. The predicted molar refractivity (Wildman–Crippen MR) is 73.3 cm³/mol. The Kier molecular flexibility index (Phi) is 4.14. The molecule has 0 radical (unpaired) electrons. The summed E-state index contributed by atoms with van der Waals surface area (Å²) in [4.78, 5) is 0. The lowest BCUT2D eigenvalue weighted by atomic mass is 9.97. The van der Waals surface area contributed by atoms with Crippen LogP contribution in [0.1, 0.15) is 22.7 Å². The molecule has 0 aliphatic rings. The summed E-state index contributed by atoms with van der Waals surface area (Å²) in [5.41, 5.74) is 5.65. The third kappa shape index (κ3) is 2.92. The Morgan fingerprint density at radius 1 is 1.16 bits per heavy atom. The first kappa shape index (κ1) is 13.5. The maximum absolute atomic E-state index is 13.0. The predicted octanol–water partition coefficient (Wildman–Crippen LogP) is 2.70. The van der Waals surface area contributed by atoms with Crippen molar-refractivity contribution in [3.63, 3.8) is 0 Å². The maximum atomic E-state index is 13.0. The molecule has 1 atom stereocenters. The lowest BCUT2D eigenvalue weighted by molar-refractivity contribution is 0.404. The van der Waals surface area contributed by atoms with Crippen LogP contribution in [0.2, 0.25) is 0 Å². The van der Waals surface area contributed by atoms with Gasteiger partial charge in [-0.05, 0) is 36.2 Å². The van der Waals surface area contributed by atoms with Crippen molar-refractivity contribution in [1.82, 2.24) is 5.43 Å². The second-order valence-corrected chi connectivity index (χ2v) is 4.40. The minimum atomic E-state index is -0.268. The highest BCUT2D eigenvalue weighted by Gasteiger charge is 2.16. The van der Waals surface area contributed by atoms with Crippen LogP contribution in [0, 0.1) is 12.7 Å². The van der Waals surface area contributed by atoms with Crippen LogP contribution in [0.3, 0.4) is 0 Å². The van der Waals surface area contributed by atoms with Crippen molar-refractivity contribution in [3.05, 3.63) is 65.0 Å². The highest BCUT2D eigenvalue weighted by atomic mass is 19.1. The van der Waals surface area contributed by atoms with Crippen LogP contribution in [0.15, 0.2) is 42.5 Å². The zero-order valence-corrected chi connectivity index (χ0v) is 11.0. The molecule has 2 aromatic carbocycles. The first-order valence-corrected chi connectivity index (χ1v) is 6.02. The highest BCUT2D eigenvalue weighted by molar-refractivity contribution is 5.43. The summed E-state index contributed by atoms with van der Waals surface area (Å²) in [6, 6.07) is 11.9. The molecule has 0 heterocycles. The van der Waals surface area contributed by atoms with Gasteiger partial charge in [-0.1, -0.05) is 24.3 Å². The number of benzene rings is 2. The van der Waals surface area contributed by atoms with Crippen molar-refractivity contribution in [2.75, 3.05) is 7.11 Å². The topological polar surface area (TPSA) is 47.3 Å². The summed E-state index contributed by atoms with van der Waals surface area (Å²) in [6.45, 7) is 2.00. The van der Waals surface area contributed by atoms with E-state index in [0.29, 0.717) is 0 Å². The molecule has 0 aromatic heterocycles. The second kappa shape index (κ2) is 5.82. The van der Waals surface area contributed by atoms with Gasteiger partial charge in [-0.25, -0.2) is 9.82 Å². The first-order chi connectivity index (χ1) is 9.15. The lowest BCUT2D eigenvalue weighted by Gasteiger charge is -2.20. The summed E-state index contributed by atoms with van der Waals surface area (Å²) in [6.07, 6.45) is 0. The number of ether oxygens (including phenoxy) is 1. The van der Waals surface area contributed by atoms with Gasteiger partial charge in [-0.2, -0.15) is 0 Å². The number of nitrogens with one attached hydrogen (secondary N) is 1. The molecular weight excluding hydrogens is 243 g/mol. The molecule has 3 nitrogen and oxygen atoms in total. The maximum Gasteiger partial charge on any atom is 0.124 e. The Morgan fingerprint density at radius 3 is 2.42 bits per heavy atom. The average molecular weight is 260 g/mol. The van der Waals surface area contributed by atoms with Crippen molar-refractivity contribution < 1.29 is 9.13 Å². The molecule has 2 aromatic rings. The minimum absolute atomic E-state index is 0.240. The SMILES string of the molecule is COc1cc(C)ccc1C(NN)c1ccc(F)cc1. The normalized spacial score (nSPS) is 12.2. The summed E-state index contributed by atoms with van der Waals surface area (Å²) in [5, 5.41) is 0. The molecule has 0 aliphatic carbocycles. The van der Waals surface area contributed by atoms with E-state index in [1.807, 2.05) is 25.1 Å². The molecule has 100 valence electrons. The van der Waals surface area contributed by atoms with Gasteiger partial charge >= 0.3 is 0 Å². The number of halogens is 1. The van der Waals surface area contributed by atoms with Crippen LogP contribution in [0.4, 0.5) is 4.39 Å². The van der Waals surface area contributed by atoms with Gasteiger partial charge in [0.25, 0.3) is 0 Å². The number of hydrogen-bond acceptors (Lipinski definition) is 3. The summed E-state index contributed by atoms with van der Waals surface area (Å²) in [7, 11) is 1.62. The highest BCUT2D eigenvalue weighted by Crippen LogP contribution is 2.30. The van der Waals surface area contributed by atoms with Crippen LogP contribution in [0.25, 0.3) is 0 Å². The molecule has 19 heavy (non-hydrogen) atoms. The molecule has 0 aliphatic heterocycles. The zero-order valence-electron chi connectivity index (χ0n) is 11.0. The molecule has 0 saturated heterocycles. The van der Waals surface area contributed by atoms with Crippen LogP contribution in [-0.4, -0.2) is 7.11 Å². The number of hydrazine groups is 1. The molecule has 0 bridgehead atoms. The first-order valence-electron chi connectivity index (χ1n) is 6.02. The smallest absolute Gasteiger partial charge is 0.124 e. The molecule has 2 rings (SSSR count). The van der Waals surface area contributed by atoms with Crippen molar-refractivity contribution in [3.8, 4) is 5.75 Å². The lowest BCUT2D eigenvalue weighted by Crippen LogP contribution is -2.29. The van der Waals surface area contributed by atoms with Gasteiger partial charge in [0.05, 0.1) is 13.2 Å². The van der Waals surface area contributed by atoms with E-state index in [4.69, 9.17) is 10.6 Å². The standard InChI is InChI=1S/C15H17FN2O/c1-10-3-8-13(14(9-10)19-2)15(18-17)11-4-6-12(16)7-5-11/h3-9,15,18H,17H2,1-2H3. The molecule has 1 unspecified atom stereocenters. The number of hydrogen-bond donors (Lipinski definition) is 2. The van der Waals surface area contributed by atoms with E-state index >= 15 is 0 Å². The monoisotopic (exact) mass is 260 g/mol. The fourth-order valence-electron chi connectivity index (χ4n) is 2.08. The van der Waals surface area contributed by atoms with Crippen molar-refractivity contribution in [1.29, 1.82) is 0 Å². The van der Waals surface area contributed by atoms with Gasteiger partial charge in [0.15, 0.2) is 0 Å². The molecular formula is C15H17FN2O. The van der Waals surface area contributed by atoms with E-state index in [-0.39, 0.29) is 11.9 Å². The van der Waals surface area contributed by atoms with E-state index in [0.717, 1.165) is 22.4 Å². The third-order valence-electron chi connectivity index (χ3n) is 3.07. The number of rotatable bonds is 4. The number of nitrogens with two attached hydrogens (primary N) is 1. The van der Waals surface area contributed by atoms with Crippen molar-refractivity contribution >= 4 is 0 Å². The van der Waals surface area contributed by atoms with Gasteiger partial charge in [0.1, 0.15) is 11.6 Å². The quantitative estimate of drug-likeness (QED) is 0.656. The fourth-order valence-corrected chi connectivity index (χ4v) is 2.08. The van der Waals surface area contributed by atoms with Gasteiger partial charge in [0, 0.05) is 5.56 Å². The fraction of sp³-hybridized carbons (Fsp3) is 0.200. The van der Waals surface area contributed by atoms with E-state index in [1.54, 1.807) is 19.2 Å². The number of aryl methyl sites for hydroxylation is 1. The van der Waals surface area contributed by atoms with E-state index in [9.17, 15) is 4.39 Å². The van der Waals surface area contributed by atoms with Gasteiger partial charge < -0.3 is 4.74 Å². The second-order valence-electron chi connectivity index (χ2n) is 4.40. The largest absolute Gasteiger partial charge is 0.496 e. The molecule has 0 fully saturated rings. The van der Waals surface area contributed by atoms with Gasteiger partial charge in [-0.3, -0.25) is 5.84 Å².